The Kier molecular flexibility index (Phi) is 5.20. The zero-order chi connectivity index (χ0) is 15.4. The van der Waals surface area contributed by atoms with E-state index in [2.05, 4.69) is 44.5 Å². The molecule has 120 valence electrons. The number of aromatic nitrogens is 2. The van der Waals surface area contributed by atoms with Crippen LogP contribution in [-0.2, 0) is 11.3 Å². The van der Waals surface area contributed by atoms with Crippen molar-refractivity contribution in [3.63, 3.8) is 0 Å². The van der Waals surface area contributed by atoms with Gasteiger partial charge in [0.2, 0.25) is 5.89 Å². The number of aryl methyl sites for hydroxylation is 1. The Morgan fingerprint density at radius 3 is 2.86 bits per heavy atom. The van der Waals surface area contributed by atoms with Crippen molar-refractivity contribution in [3.8, 4) is 0 Å². The molecular weight excluding hydrogens is 300 g/mol. The number of nitrogens with zero attached hydrogens (tertiary/aromatic N) is 4. The number of hydrogen-bond donors (Lipinski definition) is 0. The molecule has 0 N–H and O–H groups in total. The van der Waals surface area contributed by atoms with Crippen molar-refractivity contribution in [1.82, 2.24) is 19.9 Å². The highest BCUT2D eigenvalue weighted by molar-refractivity contribution is 7.10. The lowest BCUT2D eigenvalue weighted by molar-refractivity contribution is 0.00908. The summed E-state index contributed by atoms with van der Waals surface area (Å²) in [7, 11) is 2.10. The third kappa shape index (κ3) is 3.92. The Morgan fingerprint density at radius 1 is 1.41 bits per heavy atom. The minimum absolute atomic E-state index is 0.387. The summed E-state index contributed by atoms with van der Waals surface area (Å²) < 4.78 is 10.7. The molecule has 1 aliphatic heterocycles. The number of ether oxygens (including phenoxy) is 1. The van der Waals surface area contributed by atoms with Gasteiger partial charge >= 0.3 is 0 Å². The molecule has 1 aliphatic rings. The van der Waals surface area contributed by atoms with Gasteiger partial charge < -0.3 is 9.26 Å². The van der Waals surface area contributed by atoms with E-state index >= 15 is 0 Å². The van der Waals surface area contributed by atoms with E-state index in [1.165, 1.54) is 4.88 Å². The van der Waals surface area contributed by atoms with Gasteiger partial charge in [-0.25, -0.2) is 0 Å². The van der Waals surface area contributed by atoms with E-state index in [9.17, 15) is 0 Å². The van der Waals surface area contributed by atoms with Crippen LogP contribution in [0.25, 0.3) is 0 Å². The molecule has 0 aromatic carbocycles. The summed E-state index contributed by atoms with van der Waals surface area (Å²) in [5.41, 5.74) is 0. The molecule has 3 heterocycles. The molecule has 1 saturated heterocycles. The van der Waals surface area contributed by atoms with Crippen molar-refractivity contribution in [2.75, 3.05) is 39.9 Å². The molecular formula is C15H22N4O2S. The molecule has 0 amide bonds. The van der Waals surface area contributed by atoms with Gasteiger partial charge in [-0.3, -0.25) is 9.80 Å². The van der Waals surface area contributed by atoms with Crippen molar-refractivity contribution in [2.45, 2.75) is 19.5 Å². The van der Waals surface area contributed by atoms with Gasteiger partial charge in [-0.05, 0) is 25.4 Å². The molecule has 0 spiro atoms. The molecule has 22 heavy (non-hydrogen) atoms. The Hall–Kier alpha value is -1.28. The van der Waals surface area contributed by atoms with Gasteiger partial charge in [0.1, 0.15) is 0 Å². The lowest BCUT2D eigenvalue weighted by Gasteiger charge is -2.35. The summed E-state index contributed by atoms with van der Waals surface area (Å²) in [5.74, 6) is 1.36. The fourth-order valence-electron chi connectivity index (χ4n) is 2.75. The highest BCUT2D eigenvalue weighted by Gasteiger charge is 2.25. The molecule has 1 fully saturated rings. The number of rotatable bonds is 6. The van der Waals surface area contributed by atoms with E-state index < -0.39 is 0 Å². The quantitative estimate of drug-likeness (QED) is 0.810. The Labute approximate surface area is 134 Å². The van der Waals surface area contributed by atoms with Crippen LogP contribution in [0.2, 0.25) is 0 Å². The third-order valence-electron chi connectivity index (χ3n) is 3.82. The van der Waals surface area contributed by atoms with Crippen molar-refractivity contribution < 1.29 is 9.26 Å². The van der Waals surface area contributed by atoms with Crippen molar-refractivity contribution in [2.24, 2.45) is 0 Å². The van der Waals surface area contributed by atoms with Crippen LogP contribution in [0.1, 0.15) is 22.6 Å². The second-order valence-corrected chi connectivity index (χ2v) is 6.59. The SMILES string of the molecule is Cc1noc(CN(C)C[C@@H](c2cccs2)N2CCOCC2)n1. The molecule has 0 saturated carbocycles. The normalized spacial score (nSPS) is 18.0. The van der Waals surface area contributed by atoms with Crippen molar-refractivity contribution in [1.29, 1.82) is 0 Å². The first-order chi connectivity index (χ1) is 10.7. The molecule has 2 aromatic rings. The van der Waals surface area contributed by atoms with E-state index in [1.807, 2.05) is 18.3 Å². The zero-order valence-electron chi connectivity index (χ0n) is 13.1. The summed E-state index contributed by atoms with van der Waals surface area (Å²) in [6, 6.07) is 4.72. The Balaban J connectivity index is 1.66. The molecule has 0 radical (unpaired) electrons. The summed E-state index contributed by atoms with van der Waals surface area (Å²) in [6.07, 6.45) is 0. The number of hydrogen-bond acceptors (Lipinski definition) is 7. The molecule has 0 unspecified atom stereocenters. The van der Waals surface area contributed by atoms with Crippen LogP contribution < -0.4 is 0 Å². The molecule has 2 aromatic heterocycles. The van der Waals surface area contributed by atoms with Crippen molar-refractivity contribution in [3.05, 3.63) is 34.1 Å². The maximum atomic E-state index is 5.49. The first-order valence-electron chi connectivity index (χ1n) is 7.55. The fraction of sp³-hybridized carbons (Fsp3) is 0.600. The van der Waals surface area contributed by atoms with Gasteiger partial charge in [-0.15, -0.1) is 11.3 Å². The second kappa shape index (κ2) is 7.32. The molecule has 0 aliphatic carbocycles. The van der Waals surface area contributed by atoms with Gasteiger partial charge in [0.25, 0.3) is 0 Å². The smallest absolute Gasteiger partial charge is 0.240 e. The third-order valence-corrected chi connectivity index (χ3v) is 4.79. The first-order valence-corrected chi connectivity index (χ1v) is 8.43. The van der Waals surface area contributed by atoms with Gasteiger partial charge in [-0.1, -0.05) is 11.2 Å². The van der Waals surface area contributed by atoms with Crippen LogP contribution >= 0.6 is 11.3 Å². The van der Waals surface area contributed by atoms with E-state index in [-0.39, 0.29) is 0 Å². The summed E-state index contributed by atoms with van der Waals surface area (Å²) >= 11 is 1.82. The maximum Gasteiger partial charge on any atom is 0.240 e. The summed E-state index contributed by atoms with van der Waals surface area (Å²) in [5, 5.41) is 5.99. The lowest BCUT2D eigenvalue weighted by atomic mass is 10.1. The van der Waals surface area contributed by atoms with Crippen LogP contribution in [0.15, 0.2) is 22.0 Å². The Morgan fingerprint density at radius 2 is 2.23 bits per heavy atom. The monoisotopic (exact) mass is 322 g/mol. The van der Waals surface area contributed by atoms with E-state index in [1.54, 1.807) is 0 Å². The highest BCUT2D eigenvalue weighted by atomic mass is 32.1. The largest absolute Gasteiger partial charge is 0.379 e. The number of likely N-dealkylation sites (N-methyl/N-ethyl adjacent to an activating group) is 1. The van der Waals surface area contributed by atoms with E-state index in [4.69, 9.17) is 9.26 Å². The fourth-order valence-corrected chi connectivity index (χ4v) is 3.60. The van der Waals surface area contributed by atoms with E-state index in [0.29, 0.717) is 24.3 Å². The molecule has 6 nitrogen and oxygen atoms in total. The molecule has 7 heteroatoms. The maximum absolute atomic E-state index is 5.49. The predicted molar refractivity (Wildman–Crippen MR) is 84.8 cm³/mol. The van der Waals surface area contributed by atoms with Crippen LogP contribution in [0.5, 0.6) is 0 Å². The average Bonchev–Trinajstić information content (AvgIpc) is 3.18. The predicted octanol–water partition coefficient (Wildman–Crippen LogP) is 1.94. The van der Waals surface area contributed by atoms with Crippen molar-refractivity contribution >= 4 is 11.3 Å². The average molecular weight is 322 g/mol. The first kappa shape index (κ1) is 15.6. The van der Waals surface area contributed by atoms with Gasteiger partial charge in [0.15, 0.2) is 5.82 Å². The van der Waals surface area contributed by atoms with Gasteiger partial charge in [0.05, 0.1) is 25.8 Å². The Bertz CT molecular complexity index is 566. The molecule has 3 rings (SSSR count). The van der Waals surface area contributed by atoms with Crippen LogP contribution in [0, 0.1) is 6.92 Å². The minimum atomic E-state index is 0.387. The van der Waals surface area contributed by atoms with Crippen LogP contribution in [-0.4, -0.2) is 59.8 Å². The number of thiophene rings is 1. The molecule has 1 atom stereocenters. The molecule has 0 bridgehead atoms. The number of morpholine rings is 1. The minimum Gasteiger partial charge on any atom is -0.379 e. The zero-order valence-corrected chi connectivity index (χ0v) is 13.9. The summed E-state index contributed by atoms with van der Waals surface area (Å²) in [4.78, 5) is 10.4. The highest BCUT2D eigenvalue weighted by Crippen LogP contribution is 2.27. The van der Waals surface area contributed by atoms with E-state index in [0.717, 1.165) is 32.8 Å². The van der Waals surface area contributed by atoms with Gasteiger partial charge in [-0.2, -0.15) is 4.98 Å². The van der Waals surface area contributed by atoms with Gasteiger partial charge in [0, 0.05) is 24.5 Å². The van der Waals surface area contributed by atoms with Crippen LogP contribution in [0.4, 0.5) is 0 Å². The standard InChI is InChI=1S/C15H22N4O2S/c1-12-16-15(21-17-12)11-18(2)10-13(14-4-3-9-22-14)19-5-7-20-8-6-19/h3-4,9,13H,5-8,10-11H2,1-2H3/t13-/m0/s1. The lowest BCUT2D eigenvalue weighted by Crippen LogP contribution is -2.42. The summed E-state index contributed by atoms with van der Waals surface area (Å²) in [6.45, 7) is 7.04. The van der Waals surface area contributed by atoms with Crippen LogP contribution in [0.3, 0.4) is 0 Å². The topological polar surface area (TPSA) is 54.6 Å². The second-order valence-electron chi connectivity index (χ2n) is 5.61.